The number of halogens is 1. The maximum Gasteiger partial charge on any atom is 0.315 e. The maximum absolute atomic E-state index is 12.2. The molecule has 1 aliphatic carbocycles. The van der Waals surface area contributed by atoms with Crippen molar-refractivity contribution in [2.45, 2.75) is 44.1 Å². The quantitative estimate of drug-likeness (QED) is 0.606. The fourth-order valence-electron chi connectivity index (χ4n) is 2.79. The Hall–Kier alpha value is -1.02. The molecule has 0 amide bonds. The number of benzene rings is 1. The molecule has 1 fully saturated rings. The van der Waals surface area contributed by atoms with E-state index in [1.165, 1.54) is 12.8 Å². The van der Waals surface area contributed by atoms with Gasteiger partial charge < -0.3 is 4.74 Å². The molecule has 1 aromatic rings. The lowest BCUT2D eigenvalue weighted by Crippen LogP contribution is -2.24. The molecule has 0 spiro atoms. The number of carbonyl (C=O) groups is 1. The van der Waals surface area contributed by atoms with Crippen LogP contribution in [0.15, 0.2) is 30.3 Å². The normalized spacial score (nSPS) is 19.4. The van der Waals surface area contributed by atoms with E-state index in [-0.39, 0.29) is 11.9 Å². The van der Waals surface area contributed by atoms with E-state index >= 15 is 0 Å². The van der Waals surface area contributed by atoms with Crippen LogP contribution in [0.4, 0.5) is 0 Å². The molecule has 1 aromatic carbocycles. The predicted molar refractivity (Wildman–Crippen MR) is 72.5 cm³/mol. The molecule has 0 aromatic heterocycles. The van der Waals surface area contributed by atoms with E-state index in [0.29, 0.717) is 5.92 Å². The van der Waals surface area contributed by atoms with E-state index in [2.05, 4.69) is 0 Å². The minimum absolute atomic E-state index is 0.158. The topological polar surface area (TPSA) is 26.3 Å². The van der Waals surface area contributed by atoms with Crippen molar-refractivity contribution in [3.05, 3.63) is 35.9 Å². The highest BCUT2D eigenvalue weighted by molar-refractivity contribution is 6.20. The Labute approximate surface area is 113 Å². The molecular weight excluding hydrogens is 248 g/mol. The first-order chi connectivity index (χ1) is 8.68. The molecule has 0 bridgehead atoms. The number of esters is 1. The van der Waals surface area contributed by atoms with Crippen LogP contribution in [0.2, 0.25) is 0 Å². The van der Waals surface area contributed by atoms with Crippen LogP contribution in [0.25, 0.3) is 0 Å². The van der Waals surface area contributed by atoms with Gasteiger partial charge in [-0.3, -0.25) is 4.79 Å². The van der Waals surface area contributed by atoms with Gasteiger partial charge in [0.2, 0.25) is 0 Å². The molecule has 0 radical (unpaired) electrons. The summed E-state index contributed by atoms with van der Waals surface area (Å²) in [4.78, 5) is 12.2. The van der Waals surface area contributed by atoms with E-state index < -0.39 is 5.56 Å². The number of hydrogen-bond donors (Lipinski definition) is 0. The highest BCUT2D eigenvalue weighted by Gasteiger charge is 2.33. The number of ether oxygens (including phenoxy) is 1. The van der Waals surface area contributed by atoms with Crippen molar-refractivity contribution >= 4 is 17.6 Å². The van der Waals surface area contributed by atoms with Gasteiger partial charge in [0.1, 0.15) is 0 Å². The van der Waals surface area contributed by atoms with Gasteiger partial charge in [0, 0.05) is 0 Å². The molecule has 1 aliphatic rings. The average molecular weight is 267 g/mol. The van der Waals surface area contributed by atoms with E-state index in [9.17, 15) is 4.79 Å². The second kappa shape index (κ2) is 6.24. The molecule has 0 saturated heterocycles. The van der Waals surface area contributed by atoms with E-state index in [4.69, 9.17) is 16.3 Å². The van der Waals surface area contributed by atoms with Crippen LogP contribution >= 0.6 is 11.6 Å². The second-order valence-corrected chi connectivity index (χ2v) is 5.53. The third-order valence-corrected chi connectivity index (χ3v) is 3.65. The number of rotatable bonds is 4. The summed E-state index contributed by atoms with van der Waals surface area (Å²) in [7, 11) is 0. The van der Waals surface area contributed by atoms with Gasteiger partial charge in [-0.15, -0.1) is 0 Å². The summed E-state index contributed by atoms with van der Waals surface area (Å²) in [5.74, 6) is 0.0563. The van der Waals surface area contributed by atoms with Crippen molar-refractivity contribution in [1.29, 1.82) is 0 Å². The number of hydrogen-bond acceptors (Lipinski definition) is 2. The SMILES string of the molecule is C[C@@H](Cl)OC(=O)[C@@H](c1ccccc1)C1CCCC1. The molecule has 18 heavy (non-hydrogen) atoms. The molecule has 2 nitrogen and oxygen atoms in total. The van der Waals surface area contributed by atoms with Gasteiger partial charge >= 0.3 is 5.97 Å². The van der Waals surface area contributed by atoms with E-state index in [1.54, 1.807) is 6.92 Å². The summed E-state index contributed by atoms with van der Waals surface area (Å²) < 4.78 is 5.21. The Morgan fingerprint density at radius 1 is 1.28 bits per heavy atom. The number of carbonyl (C=O) groups excluding carboxylic acids is 1. The lowest BCUT2D eigenvalue weighted by molar-refractivity contribution is -0.148. The molecule has 0 heterocycles. The lowest BCUT2D eigenvalue weighted by Gasteiger charge is -2.22. The molecule has 0 unspecified atom stereocenters. The summed E-state index contributed by atoms with van der Waals surface area (Å²) in [5.41, 5.74) is 0.483. The van der Waals surface area contributed by atoms with Gasteiger partial charge in [0.05, 0.1) is 5.92 Å². The van der Waals surface area contributed by atoms with Gasteiger partial charge in [-0.25, -0.2) is 0 Å². The van der Waals surface area contributed by atoms with E-state index in [1.807, 2.05) is 30.3 Å². The van der Waals surface area contributed by atoms with E-state index in [0.717, 1.165) is 18.4 Å². The van der Waals surface area contributed by atoms with Crippen molar-refractivity contribution in [2.75, 3.05) is 0 Å². The minimum atomic E-state index is -0.565. The van der Waals surface area contributed by atoms with Gasteiger partial charge in [-0.1, -0.05) is 54.8 Å². The molecule has 3 heteroatoms. The highest BCUT2D eigenvalue weighted by Crippen LogP contribution is 2.38. The van der Waals surface area contributed by atoms with Crippen molar-refractivity contribution in [3.8, 4) is 0 Å². The zero-order valence-corrected chi connectivity index (χ0v) is 11.4. The summed E-state index contributed by atoms with van der Waals surface area (Å²) in [6.07, 6.45) is 4.62. The third-order valence-electron chi connectivity index (χ3n) is 3.56. The first-order valence-corrected chi connectivity index (χ1v) is 7.01. The summed E-state index contributed by atoms with van der Waals surface area (Å²) in [6, 6.07) is 9.90. The number of alkyl halides is 1. The Bertz CT molecular complexity index is 383. The lowest BCUT2D eigenvalue weighted by atomic mass is 9.85. The van der Waals surface area contributed by atoms with Crippen LogP contribution in [0.3, 0.4) is 0 Å². The van der Waals surface area contributed by atoms with Crippen molar-refractivity contribution in [2.24, 2.45) is 5.92 Å². The van der Waals surface area contributed by atoms with Crippen LogP contribution in [0.1, 0.15) is 44.1 Å². The van der Waals surface area contributed by atoms with Crippen LogP contribution in [0.5, 0.6) is 0 Å². The predicted octanol–water partition coefficient (Wildman–Crippen LogP) is 4.09. The zero-order chi connectivity index (χ0) is 13.0. The highest BCUT2D eigenvalue weighted by atomic mass is 35.5. The Morgan fingerprint density at radius 3 is 2.44 bits per heavy atom. The molecule has 0 aliphatic heterocycles. The summed E-state index contributed by atoms with van der Waals surface area (Å²) in [5, 5.41) is 0. The standard InChI is InChI=1S/C15H19ClO2/c1-11(16)18-15(17)14(13-9-5-6-10-13)12-7-3-2-4-8-12/h2-4,7-8,11,13-14H,5-6,9-10H2,1H3/t11-,14-/m0/s1. The van der Waals surface area contributed by atoms with Crippen LogP contribution in [-0.4, -0.2) is 11.5 Å². The van der Waals surface area contributed by atoms with Gasteiger partial charge in [0.25, 0.3) is 0 Å². The fraction of sp³-hybridized carbons (Fsp3) is 0.533. The molecule has 0 N–H and O–H groups in total. The fourth-order valence-corrected chi connectivity index (χ4v) is 2.87. The Balaban J connectivity index is 2.20. The molecule has 2 rings (SSSR count). The molecule has 98 valence electrons. The monoisotopic (exact) mass is 266 g/mol. The largest absolute Gasteiger partial charge is 0.446 e. The van der Waals surface area contributed by atoms with Gasteiger partial charge in [-0.2, -0.15) is 0 Å². The summed E-state index contributed by atoms with van der Waals surface area (Å²) in [6.45, 7) is 1.68. The average Bonchev–Trinajstić information content (AvgIpc) is 2.83. The third kappa shape index (κ3) is 3.26. The smallest absolute Gasteiger partial charge is 0.315 e. The van der Waals surface area contributed by atoms with Gasteiger partial charge in [-0.05, 0) is 31.2 Å². The summed E-state index contributed by atoms with van der Waals surface area (Å²) >= 11 is 5.77. The second-order valence-electron chi connectivity index (χ2n) is 4.91. The van der Waals surface area contributed by atoms with Crippen molar-refractivity contribution < 1.29 is 9.53 Å². The van der Waals surface area contributed by atoms with Crippen molar-refractivity contribution in [3.63, 3.8) is 0 Å². The molecule has 2 atom stereocenters. The molecular formula is C15H19ClO2. The zero-order valence-electron chi connectivity index (χ0n) is 10.6. The Morgan fingerprint density at radius 2 is 1.89 bits per heavy atom. The minimum Gasteiger partial charge on any atom is -0.446 e. The van der Waals surface area contributed by atoms with Crippen LogP contribution < -0.4 is 0 Å². The Kier molecular flexibility index (Phi) is 4.65. The van der Waals surface area contributed by atoms with Crippen LogP contribution in [0, 0.1) is 5.92 Å². The first kappa shape index (κ1) is 13.4. The first-order valence-electron chi connectivity index (χ1n) is 6.58. The van der Waals surface area contributed by atoms with Crippen LogP contribution in [-0.2, 0) is 9.53 Å². The van der Waals surface area contributed by atoms with Crippen molar-refractivity contribution in [1.82, 2.24) is 0 Å². The van der Waals surface area contributed by atoms with Gasteiger partial charge in [0.15, 0.2) is 5.56 Å². The maximum atomic E-state index is 12.2. The molecule has 1 saturated carbocycles.